The summed E-state index contributed by atoms with van der Waals surface area (Å²) in [6.07, 6.45) is 3.14. The highest BCUT2D eigenvalue weighted by Crippen LogP contribution is 2.32. The van der Waals surface area contributed by atoms with Gasteiger partial charge in [-0.25, -0.2) is 4.79 Å². The molecule has 6 heteroatoms. The van der Waals surface area contributed by atoms with E-state index in [-0.39, 0.29) is 18.4 Å². The van der Waals surface area contributed by atoms with Gasteiger partial charge < -0.3 is 15.7 Å². The highest BCUT2D eigenvalue weighted by molar-refractivity contribution is 5.90. The molecule has 21 heavy (non-hydrogen) atoms. The zero-order valence-electron chi connectivity index (χ0n) is 13.1. The van der Waals surface area contributed by atoms with Crippen LogP contribution in [0.4, 0.5) is 0 Å². The van der Waals surface area contributed by atoms with Crippen LogP contribution >= 0.6 is 0 Å². The van der Waals surface area contributed by atoms with E-state index in [2.05, 4.69) is 17.6 Å². The van der Waals surface area contributed by atoms with Crippen LogP contribution in [0.3, 0.4) is 0 Å². The number of rotatable bonds is 6. The molecule has 0 bridgehead atoms. The number of hydrogen-bond acceptors (Lipinski definition) is 3. The van der Waals surface area contributed by atoms with Crippen LogP contribution in [0.25, 0.3) is 0 Å². The largest absolute Gasteiger partial charge is 0.480 e. The van der Waals surface area contributed by atoms with E-state index in [1.807, 2.05) is 6.92 Å². The fourth-order valence-electron chi connectivity index (χ4n) is 2.49. The molecule has 1 atom stereocenters. The predicted molar refractivity (Wildman–Crippen MR) is 78.6 cm³/mol. The molecule has 0 aromatic rings. The summed E-state index contributed by atoms with van der Waals surface area (Å²) in [6, 6.07) is 0. The van der Waals surface area contributed by atoms with Gasteiger partial charge in [0.15, 0.2) is 0 Å². The Kier molecular flexibility index (Phi) is 6.18. The van der Waals surface area contributed by atoms with Crippen molar-refractivity contribution in [1.82, 2.24) is 10.6 Å². The second-order valence-corrected chi connectivity index (χ2v) is 6.15. The van der Waals surface area contributed by atoms with Crippen LogP contribution in [-0.2, 0) is 14.4 Å². The highest BCUT2D eigenvalue weighted by Gasteiger charge is 2.42. The molecule has 0 aromatic carbocycles. The Bertz CT molecular complexity index is 400. The zero-order valence-corrected chi connectivity index (χ0v) is 13.1. The van der Waals surface area contributed by atoms with E-state index in [9.17, 15) is 19.5 Å². The third-order valence-electron chi connectivity index (χ3n) is 4.40. The lowest BCUT2D eigenvalue weighted by Crippen LogP contribution is -2.58. The van der Waals surface area contributed by atoms with Gasteiger partial charge in [-0.1, -0.05) is 20.8 Å². The molecule has 1 aliphatic carbocycles. The topological polar surface area (TPSA) is 95.5 Å². The first-order valence-corrected chi connectivity index (χ1v) is 7.63. The lowest BCUT2D eigenvalue weighted by Gasteiger charge is -2.36. The third kappa shape index (κ3) is 4.72. The van der Waals surface area contributed by atoms with Gasteiger partial charge in [-0.15, -0.1) is 0 Å². The Hall–Kier alpha value is -1.59. The van der Waals surface area contributed by atoms with Crippen LogP contribution < -0.4 is 10.6 Å². The summed E-state index contributed by atoms with van der Waals surface area (Å²) in [7, 11) is 0. The van der Waals surface area contributed by atoms with Crippen LogP contribution in [0.15, 0.2) is 0 Å². The summed E-state index contributed by atoms with van der Waals surface area (Å²) in [5.74, 6) is -1.28. The smallest absolute Gasteiger partial charge is 0.329 e. The molecule has 1 aliphatic rings. The molecule has 1 fully saturated rings. The van der Waals surface area contributed by atoms with Crippen molar-refractivity contribution in [2.24, 2.45) is 11.8 Å². The van der Waals surface area contributed by atoms with Crippen LogP contribution in [0, 0.1) is 11.8 Å². The van der Waals surface area contributed by atoms with Crippen molar-refractivity contribution >= 4 is 17.8 Å². The molecule has 0 radical (unpaired) electrons. The van der Waals surface area contributed by atoms with Crippen molar-refractivity contribution in [2.75, 3.05) is 6.54 Å². The normalized spacial score (nSPS) is 26.7. The number of carboxylic acid groups (broad SMARTS) is 1. The Morgan fingerprint density at radius 3 is 2.33 bits per heavy atom. The Morgan fingerprint density at radius 1 is 1.29 bits per heavy atom. The molecule has 120 valence electrons. The SMILES string of the molecule is CCC(C)C(=O)NCC(=O)NC1(C(=O)O)CCC(C)CC1. The van der Waals surface area contributed by atoms with E-state index < -0.39 is 17.4 Å². The summed E-state index contributed by atoms with van der Waals surface area (Å²) < 4.78 is 0. The fourth-order valence-corrected chi connectivity index (χ4v) is 2.49. The third-order valence-corrected chi connectivity index (χ3v) is 4.40. The maximum atomic E-state index is 11.9. The number of nitrogens with one attached hydrogen (secondary N) is 2. The molecule has 0 aromatic heterocycles. The molecule has 0 spiro atoms. The van der Waals surface area contributed by atoms with Gasteiger partial charge in [0.2, 0.25) is 11.8 Å². The molecule has 3 N–H and O–H groups in total. The Labute approximate surface area is 125 Å². The van der Waals surface area contributed by atoms with Gasteiger partial charge in [0.05, 0.1) is 6.54 Å². The standard InChI is InChI=1S/C15H26N2O4/c1-4-11(3)13(19)16-9-12(18)17-15(14(20)21)7-5-10(2)6-8-15/h10-11H,4-9H2,1-3H3,(H,16,19)(H,17,18)(H,20,21). The summed E-state index contributed by atoms with van der Waals surface area (Å²) in [5, 5.41) is 14.6. The second-order valence-electron chi connectivity index (χ2n) is 6.15. The van der Waals surface area contributed by atoms with Crippen LogP contribution in [0.2, 0.25) is 0 Å². The first kappa shape index (κ1) is 17.5. The van der Waals surface area contributed by atoms with E-state index in [0.717, 1.165) is 12.8 Å². The first-order valence-electron chi connectivity index (χ1n) is 7.63. The highest BCUT2D eigenvalue weighted by atomic mass is 16.4. The summed E-state index contributed by atoms with van der Waals surface area (Å²) in [6.45, 7) is 5.59. The molecule has 0 aliphatic heterocycles. The zero-order chi connectivity index (χ0) is 16.0. The number of carboxylic acids is 1. The second kappa shape index (κ2) is 7.43. The van der Waals surface area contributed by atoms with E-state index in [1.165, 1.54) is 0 Å². The fraction of sp³-hybridized carbons (Fsp3) is 0.800. The van der Waals surface area contributed by atoms with Crippen LogP contribution in [0.5, 0.6) is 0 Å². The van der Waals surface area contributed by atoms with E-state index in [4.69, 9.17) is 0 Å². The summed E-state index contributed by atoms with van der Waals surface area (Å²) in [5.41, 5.74) is -1.18. The molecule has 0 saturated heterocycles. The number of aliphatic carboxylic acids is 1. The molecule has 1 saturated carbocycles. The van der Waals surface area contributed by atoms with E-state index in [0.29, 0.717) is 25.2 Å². The van der Waals surface area contributed by atoms with Crippen LogP contribution in [-0.4, -0.2) is 35.0 Å². The molecule has 6 nitrogen and oxygen atoms in total. The lowest BCUT2D eigenvalue weighted by molar-refractivity contribution is -0.149. The summed E-state index contributed by atoms with van der Waals surface area (Å²) >= 11 is 0. The van der Waals surface area contributed by atoms with Crippen molar-refractivity contribution in [3.05, 3.63) is 0 Å². The van der Waals surface area contributed by atoms with Crippen molar-refractivity contribution in [2.45, 2.75) is 58.4 Å². The first-order chi connectivity index (χ1) is 9.80. The van der Waals surface area contributed by atoms with Crippen molar-refractivity contribution in [3.8, 4) is 0 Å². The number of amides is 2. The Morgan fingerprint density at radius 2 is 1.86 bits per heavy atom. The van der Waals surface area contributed by atoms with Crippen molar-refractivity contribution < 1.29 is 19.5 Å². The molecule has 2 amide bonds. The minimum absolute atomic E-state index is 0.151. The average molecular weight is 298 g/mol. The number of hydrogen-bond donors (Lipinski definition) is 3. The van der Waals surface area contributed by atoms with Gasteiger partial charge in [0, 0.05) is 5.92 Å². The minimum Gasteiger partial charge on any atom is -0.480 e. The lowest BCUT2D eigenvalue weighted by atomic mass is 9.77. The van der Waals surface area contributed by atoms with Gasteiger partial charge in [0.1, 0.15) is 5.54 Å². The van der Waals surface area contributed by atoms with Gasteiger partial charge >= 0.3 is 5.97 Å². The van der Waals surface area contributed by atoms with Gasteiger partial charge in [-0.05, 0) is 38.0 Å². The van der Waals surface area contributed by atoms with E-state index in [1.54, 1.807) is 6.92 Å². The molecule has 0 heterocycles. The maximum absolute atomic E-state index is 11.9. The molecular formula is C15H26N2O4. The quantitative estimate of drug-likeness (QED) is 0.688. The molecule has 1 unspecified atom stereocenters. The molecular weight excluding hydrogens is 272 g/mol. The van der Waals surface area contributed by atoms with Crippen molar-refractivity contribution in [1.29, 1.82) is 0 Å². The van der Waals surface area contributed by atoms with Crippen LogP contribution in [0.1, 0.15) is 52.9 Å². The number of carbonyl (C=O) groups is 3. The minimum atomic E-state index is -1.18. The van der Waals surface area contributed by atoms with Gasteiger partial charge in [-0.2, -0.15) is 0 Å². The van der Waals surface area contributed by atoms with E-state index >= 15 is 0 Å². The Balaban J connectivity index is 2.54. The molecule has 1 rings (SSSR count). The predicted octanol–water partition coefficient (Wildman–Crippen LogP) is 1.30. The van der Waals surface area contributed by atoms with Crippen molar-refractivity contribution in [3.63, 3.8) is 0 Å². The number of carbonyl (C=O) groups excluding carboxylic acids is 2. The average Bonchev–Trinajstić information content (AvgIpc) is 2.46. The maximum Gasteiger partial charge on any atom is 0.329 e. The van der Waals surface area contributed by atoms with Gasteiger partial charge in [-0.3, -0.25) is 9.59 Å². The monoisotopic (exact) mass is 298 g/mol. The summed E-state index contributed by atoms with van der Waals surface area (Å²) in [4.78, 5) is 35.1. The van der Waals surface area contributed by atoms with Gasteiger partial charge in [0.25, 0.3) is 0 Å².